The number of anilines is 2. The summed E-state index contributed by atoms with van der Waals surface area (Å²) >= 11 is 0. The highest BCUT2D eigenvalue weighted by molar-refractivity contribution is 7.90. The van der Waals surface area contributed by atoms with Gasteiger partial charge in [-0.15, -0.1) is 0 Å². The van der Waals surface area contributed by atoms with Crippen molar-refractivity contribution in [3.63, 3.8) is 0 Å². The van der Waals surface area contributed by atoms with Gasteiger partial charge in [-0.3, -0.25) is 14.9 Å². The molecule has 0 bridgehead atoms. The molecular weight excluding hydrogens is 781 g/mol. The number of rotatable bonds is 14. The van der Waals surface area contributed by atoms with Gasteiger partial charge in [-0.2, -0.15) is 0 Å². The Balaban J connectivity index is 0.962. The molecule has 13 nitrogen and oxygen atoms in total. The summed E-state index contributed by atoms with van der Waals surface area (Å²) in [5.41, 5.74) is 6.13. The Morgan fingerprint density at radius 1 is 0.933 bits per heavy atom. The van der Waals surface area contributed by atoms with Gasteiger partial charge < -0.3 is 24.7 Å². The number of fused-ring (bicyclic) bond motifs is 1. The molecule has 3 aliphatic rings. The third-order valence-corrected chi connectivity index (χ3v) is 13.2. The van der Waals surface area contributed by atoms with E-state index in [-0.39, 0.29) is 22.9 Å². The molecule has 14 heteroatoms. The van der Waals surface area contributed by atoms with Crippen LogP contribution in [0.3, 0.4) is 0 Å². The van der Waals surface area contributed by atoms with Gasteiger partial charge in [0, 0.05) is 55.7 Å². The summed E-state index contributed by atoms with van der Waals surface area (Å²) in [5.74, 6) is 0.463. The van der Waals surface area contributed by atoms with Gasteiger partial charge in [0.05, 0.1) is 21.6 Å². The fourth-order valence-corrected chi connectivity index (χ4v) is 9.48. The van der Waals surface area contributed by atoms with E-state index in [1.807, 2.05) is 6.07 Å². The molecule has 9 rings (SSSR count). The Hall–Kier alpha value is -6.25. The topological polar surface area (TPSA) is 169 Å². The Bertz CT molecular complexity index is 2660. The fraction of sp³-hybridized carbons (Fsp3) is 0.304. The van der Waals surface area contributed by atoms with Crippen LogP contribution in [0.15, 0.2) is 114 Å². The zero-order valence-electron chi connectivity index (χ0n) is 33.0. The number of nitro groups is 1. The largest absolute Gasteiger partial charge is 0.455 e. The summed E-state index contributed by atoms with van der Waals surface area (Å²) in [7, 11) is -4.56. The molecule has 1 atom stereocenters. The summed E-state index contributed by atoms with van der Waals surface area (Å²) in [6.07, 6.45) is 10.8. The van der Waals surface area contributed by atoms with Crippen LogP contribution in [0, 0.1) is 16.0 Å². The minimum atomic E-state index is -4.56. The maximum Gasteiger partial charge on any atom is 0.293 e. The van der Waals surface area contributed by atoms with Gasteiger partial charge in [-0.1, -0.05) is 42.5 Å². The number of sulfonamides is 1. The monoisotopic (exact) mass is 826 g/mol. The summed E-state index contributed by atoms with van der Waals surface area (Å²) in [4.78, 5) is 34.9. The molecule has 3 fully saturated rings. The summed E-state index contributed by atoms with van der Waals surface area (Å²) in [5, 5.41) is 16.0. The van der Waals surface area contributed by atoms with Gasteiger partial charge in [0.25, 0.3) is 21.6 Å². The number of carbonyl (C=O) groups excluding carboxylic acids is 1. The molecule has 0 spiro atoms. The lowest BCUT2D eigenvalue weighted by molar-refractivity contribution is -0.384. The number of benzene rings is 4. The first kappa shape index (κ1) is 39.2. The molecule has 1 aliphatic carbocycles. The molecule has 6 aromatic rings. The Morgan fingerprint density at radius 3 is 2.53 bits per heavy atom. The van der Waals surface area contributed by atoms with Crippen molar-refractivity contribution in [1.29, 1.82) is 0 Å². The van der Waals surface area contributed by atoms with Crippen LogP contribution in [-0.4, -0.2) is 61.6 Å². The smallest absolute Gasteiger partial charge is 0.293 e. The number of nitro benzene ring substituents is 1. The first-order valence-corrected chi connectivity index (χ1v) is 22.0. The zero-order chi connectivity index (χ0) is 41.2. The minimum Gasteiger partial charge on any atom is -0.455 e. The van der Waals surface area contributed by atoms with E-state index >= 15 is 0 Å². The van der Waals surface area contributed by atoms with Gasteiger partial charge in [-0.25, -0.2) is 18.1 Å². The van der Waals surface area contributed by atoms with Gasteiger partial charge in [0.1, 0.15) is 22.8 Å². The summed E-state index contributed by atoms with van der Waals surface area (Å²) < 4.78 is 41.1. The predicted octanol–water partition coefficient (Wildman–Crippen LogP) is 8.98. The molecular formula is C46H46N6O7S. The van der Waals surface area contributed by atoms with Crippen molar-refractivity contribution in [2.24, 2.45) is 5.92 Å². The van der Waals surface area contributed by atoms with Gasteiger partial charge in [-0.05, 0) is 128 Å². The second-order valence-electron chi connectivity index (χ2n) is 15.9. The molecule has 1 unspecified atom stereocenters. The van der Waals surface area contributed by atoms with Crippen molar-refractivity contribution >= 4 is 44.0 Å². The molecule has 308 valence electrons. The number of nitrogens with zero attached hydrogens (tertiary/aromatic N) is 3. The van der Waals surface area contributed by atoms with E-state index in [9.17, 15) is 23.3 Å². The molecule has 60 heavy (non-hydrogen) atoms. The number of ether oxygens (including phenoxy) is 2. The molecule has 2 aromatic heterocycles. The molecule has 4 heterocycles. The number of amides is 1. The van der Waals surface area contributed by atoms with Crippen molar-refractivity contribution < 1.29 is 27.6 Å². The molecule has 2 saturated heterocycles. The maximum atomic E-state index is 13.9. The van der Waals surface area contributed by atoms with E-state index in [4.69, 9.17) is 9.47 Å². The fourth-order valence-electron chi connectivity index (χ4n) is 8.50. The number of aromatic nitrogens is 2. The second-order valence-corrected chi connectivity index (χ2v) is 17.6. The highest BCUT2D eigenvalue weighted by Gasteiger charge is 2.30. The lowest BCUT2D eigenvalue weighted by atomic mass is 9.96. The second kappa shape index (κ2) is 16.8. The first-order valence-electron chi connectivity index (χ1n) is 20.6. The molecule has 4 aromatic carbocycles. The van der Waals surface area contributed by atoms with E-state index in [1.165, 1.54) is 48.4 Å². The van der Waals surface area contributed by atoms with Crippen molar-refractivity contribution in [3.8, 4) is 22.6 Å². The van der Waals surface area contributed by atoms with Crippen LogP contribution < -0.4 is 19.7 Å². The summed E-state index contributed by atoms with van der Waals surface area (Å²) in [6, 6.07) is 29.8. The highest BCUT2D eigenvalue weighted by Crippen LogP contribution is 2.43. The Labute approximate surface area is 348 Å². The standard InChI is InChI=1S/C46H46N6O7S/c53-46(50-60(56,57)39-14-16-42(43(27-39)52(54)55)48-28-30-18-22-58-23-19-30)41-15-11-33(26-44(41)59-38-25-35-17-20-47-45(35)49-29-38)31-9-12-36(13-10-31)51-21-3-5-37(51)24-34-4-1-2-6-40(34)32-7-8-32/h1-2,4,6,9-17,20,25-27,29-30,32,37,48H,3,5,7-8,18-19,21-24,28H2,(H,47,49)(H,50,53). The van der Waals surface area contributed by atoms with Crippen molar-refractivity contribution in [2.45, 2.75) is 61.8 Å². The van der Waals surface area contributed by atoms with Crippen LogP contribution in [0.4, 0.5) is 17.1 Å². The number of H-pyrrole nitrogens is 1. The molecule has 1 saturated carbocycles. The van der Waals surface area contributed by atoms with Gasteiger partial charge in [0.2, 0.25) is 0 Å². The van der Waals surface area contributed by atoms with E-state index in [2.05, 4.69) is 73.4 Å². The third kappa shape index (κ3) is 8.56. The highest BCUT2D eigenvalue weighted by atomic mass is 32.2. The average molecular weight is 827 g/mol. The SMILES string of the molecule is O=C(NS(=O)(=O)c1ccc(NCC2CCOCC2)c([N+](=O)[O-])c1)c1ccc(-c2ccc(N3CCCC3Cc3ccccc3C3CC3)cc2)cc1Oc1cnc2[nH]ccc2c1. The number of carbonyl (C=O) groups is 1. The number of hydrogen-bond donors (Lipinski definition) is 3. The number of nitrogens with one attached hydrogen (secondary N) is 3. The van der Waals surface area contributed by atoms with Gasteiger partial charge >= 0.3 is 0 Å². The third-order valence-electron chi connectivity index (χ3n) is 11.9. The van der Waals surface area contributed by atoms with Crippen molar-refractivity contribution in [3.05, 3.63) is 136 Å². The maximum absolute atomic E-state index is 13.9. The molecule has 0 radical (unpaired) electrons. The van der Waals surface area contributed by atoms with E-state index in [0.717, 1.165) is 66.9 Å². The van der Waals surface area contributed by atoms with Crippen LogP contribution in [-0.2, 0) is 21.2 Å². The molecule has 1 amide bonds. The van der Waals surface area contributed by atoms with E-state index < -0.39 is 31.4 Å². The quantitative estimate of drug-likeness (QED) is 0.0712. The van der Waals surface area contributed by atoms with E-state index in [0.29, 0.717) is 43.1 Å². The van der Waals surface area contributed by atoms with Crippen LogP contribution in [0.5, 0.6) is 11.5 Å². The Kier molecular flexibility index (Phi) is 11.0. The Morgan fingerprint density at radius 2 is 1.73 bits per heavy atom. The van der Waals surface area contributed by atoms with Crippen LogP contribution in [0.1, 0.15) is 65.9 Å². The number of hydrogen-bond acceptors (Lipinski definition) is 10. The lowest BCUT2D eigenvalue weighted by Gasteiger charge is -2.28. The van der Waals surface area contributed by atoms with Crippen LogP contribution in [0.2, 0.25) is 0 Å². The number of aromatic amines is 1. The van der Waals surface area contributed by atoms with Crippen LogP contribution in [0.25, 0.3) is 22.2 Å². The molecule has 2 aliphatic heterocycles. The molecule has 3 N–H and O–H groups in total. The zero-order valence-corrected chi connectivity index (χ0v) is 33.8. The normalized spacial score (nSPS) is 17.1. The van der Waals surface area contributed by atoms with Gasteiger partial charge in [0.15, 0.2) is 0 Å². The number of pyridine rings is 1. The average Bonchev–Trinajstić information content (AvgIpc) is 3.82. The lowest BCUT2D eigenvalue weighted by Crippen LogP contribution is -2.31. The van der Waals surface area contributed by atoms with Crippen molar-refractivity contribution in [2.75, 3.05) is 36.5 Å². The predicted molar refractivity (Wildman–Crippen MR) is 230 cm³/mol. The summed E-state index contributed by atoms with van der Waals surface area (Å²) in [6.45, 7) is 2.73. The van der Waals surface area contributed by atoms with Crippen molar-refractivity contribution in [1.82, 2.24) is 14.7 Å². The first-order chi connectivity index (χ1) is 29.2. The van der Waals surface area contributed by atoms with E-state index in [1.54, 1.807) is 24.4 Å². The van der Waals surface area contributed by atoms with Crippen LogP contribution >= 0.6 is 0 Å². The minimum absolute atomic E-state index is 0.0521.